The first-order valence-corrected chi connectivity index (χ1v) is 7.24. The number of nitrogens with zero attached hydrogens (tertiary/aromatic N) is 3. The largest absolute Gasteiger partial charge is 0.396 e. The van der Waals surface area contributed by atoms with Crippen LogP contribution in [0.5, 0.6) is 0 Å². The van der Waals surface area contributed by atoms with Crippen molar-refractivity contribution in [2.24, 2.45) is 0 Å². The number of hydrogen-bond acceptors (Lipinski definition) is 3. The quantitative estimate of drug-likeness (QED) is 0.838. The van der Waals surface area contributed by atoms with E-state index in [9.17, 15) is 0 Å². The van der Waals surface area contributed by atoms with Crippen molar-refractivity contribution >= 4 is 0 Å². The molecule has 1 N–H and O–H groups in total. The zero-order valence-corrected chi connectivity index (χ0v) is 11.0. The third kappa shape index (κ3) is 2.59. The Hall–Kier alpha value is -0.870. The van der Waals surface area contributed by atoms with Gasteiger partial charge in [0.15, 0.2) is 0 Å². The number of rotatable bonds is 6. The number of aromatic nitrogens is 2. The molecule has 0 radical (unpaired) electrons. The first kappa shape index (κ1) is 12.2. The molecule has 100 valence electrons. The maximum absolute atomic E-state index is 8.96. The van der Waals surface area contributed by atoms with Crippen molar-refractivity contribution in [3.05, 3.63) is 18.2 Å². The molecule has 4 heteroatoms. The Kier molecular flexibility index (Phi) is 3.66. The van der Waals surface area contributed by atoms with Gasteiger partial charge in [0.25, 0.3) is 0 Å². The van der Waals surface area contributed by atoms with E-state index in [-0.39, 0.29) is 0 Å². The third-order valence-electron chi connectivity index (χ3n) is 4.25. The highest BCUT2D eigenvalue weighted by Gasteiger charge is 2.28. The van der Waals surface area contributed by atoms with Crippen LogP contribution in [0, 0.1) is 0 Å². The molecule has 3 rings (SSSR count). The molecule has 1 aromatic rings. The van der Waals surface area contributed by atoms with E-state index >= 15 is 0 Å². The summed E-state index contributed by atoms with van der Waals surface area (Å²) in [6, 6.07) is 1.39. The molecule has 2 fully saturated rings. The van der Waals surface area contributed by atoms with Crippen LogP contribution in [-0.4, -0.2) is 38.8 Å². The SMILES string of the molecule is OCCCC1CCCN1Cc1cncn1C1CC1. The fraction of sp³-hybridized carbons (Fsp3) is 0.786. The highest BCUT2D eigenvalue weighted by molar-refractivity contribution is 5.04. The summed E-state index contributed by atoms with van der Waals surface area (Å²) in [5, 5.41) is 8.96. The van der Waals surface area contributed by atoms with E-state index in [1.807, 2.05) is 12.5 Å². The van der Waals surface area contributed by atoms with Crippen LogP contribution in [0.2, 0.25) is 0 Å². The van der Waals surface area contributed by atoms with Crippen LogP contribution >= 0.6 is 0 Å². The van der Waals surface area contributed by atoms with Gasteiger partial charge >= 0.3 is 0 Å². The molecule has 1 aromatic heterocycles. The molecule has 0 spiro atoms. The number of likely N-dealkylation sites (tertiary alicyclic amines) is 1. The average Bonchev–Trinajstić information content (AvgIpc) is 2.96. The van der Waals surface area contributed by atoms with Crippen LogP contribution in [0.15, 0.2) is 12.5 Å². The van der Waals surface area contributed by atoms with Crippen LogP contribution in [0.3, 0.4) is 0 Å². The Morgan fingerprint density at radius 2 is 2.22 bits per heavy atom. The fourth-order valence-corrected chi connectivity index (χ4v) is 3.10. The van der Waals surface area contributed by atoms with E-state index in [2.05, 4.69) is 14.5 Å². The highest BCUT2D eigenvalue weighted by Crippen LogP contribution is 2.36. The summed E-state index contributed by atoms with van der Waals surface area (Å²) in [6.45, 7) is 2.56. The minimum atomic E-state index is 0.324. The molecule has 1 atom stereocenters. The van der Waals surface area contributed by atoms with Gasteiger partial charge in [0, 0.05) is 31.4 Å². The first-order valence-electron chi connectivity index (χ1n) is 7.24. The molecular weight excluding hydrogens is 226 g/mol. The smallest absolute Gasteiger partial charge is 0.0951 e. The number of aliphatic hydroxyl groups is 1. The van der Waals surface area contributed by atoms with Gasteiger partial charge in [-0.2, -0.15) is 0 Å². The Morgan fingerprint density at radius 1 is 1.33 bits per heavy atom. The molecule has 1 aliphatic heterocycles. The molecule has 0 aromatic carbocycles. The summed E-state index contributed by atoms with van der Waals surface area (Å²) < 4.78 is 2.36. The Bertz CT molecular complexity index is 386. The molecular formula is C14H23N3O. The third-order valence-corrected chi connectivity index (χ3v) is 4.25. The van der Waals surface area contributed by atoms with Crippen molar-refractivity contribution < 1.29 is 5.11 Å². The predicted octanol–water partition coefficient (Wildman–Crippen LogP) is 1.95. The fourth-order valence-electron chi connectivity index (χ4n) is 3.10. The van der Waals surface area contributed by atoms with Gasteiger partial charge < -0.3 is 9.67 Å². The van der Waals surface area contributed by atoms with Gasteiger partial charge in [-0.1, -0.05) is 0 Å². The van der Waals surface area contributed by atoms with Crippen molar-refractivity contribution in [3.63, 3.8) is 0 Å². The van der Waals surface area contributed by atoms with Gasteiger partial charge in [-0.15, -0.1) is 0 Å². The van der Waals surface area contributed by atoms with E-state index in [4.69, 9.17) is 5.11 Å². The van der Waals surface area contributed by atoms with Crippen LogP contribution < -0.4 is 0 Å². The maximum atomic E-state index is 8.96. The Balaban J connectivity index is 1.62. The molecule has 2 aliphatic rings. The lowest BCUT2D eigenvalue weighted by Crippen LogP contribution is -2.29. The summed E-state index contributed by atoms with van der Waals surface area (Å²) in [4.78, 5) is 6.88. The minimum absolute atomic E-state index is 0.324. The Morgan fingerprint density at radius 3 is 3.00 bits per heavy atom. The monoisotopic (exact) mass is 249 g/mol. The molecule has 1 saturated heterocycles. The number of hydrogen-bond donors (Lipinski definition) is 1. The maximum Gasteiger partial charge on any atom is 0.0951 e. The van der Waals surface area contributed by atoms with E-state index in [1.165, 1.54) is 37.9 Å². The molecule has 4 nitrogen and oxygen atoms in total. The van der Waals surface area contributed by atoms with Gasteiger partial charge in [0.1, 0.15) is 0 Å². The summed E-state index contributed by atoms with van der Waals surface area (Å²) >= 11 is 0. The average molecular weight is 249 g/mol. The van der Waals surface area contributed by atoms with Crippen molar-refractivity contribution in [1.29, 1.82) is 0 Å². The Labute approximate surface area is 109 Å². The van der Waals surface area contributed by atoms with Crippen LogP contribution in [-0.2, 0) is 6.54 Å². The number of imidazole rings is 1. The van der Waals surface area contributed by atoms with Crippen LogP contribution in [0.25, 0.3) is 0 Å². The second-order valence-corrected chi connectivity index (χ2v) is 5.66. The standard InChI is InChI=1S/C14H23N3O/c18-8-2-4-12-3-1-7-16(12)10-14-9-15-11-17(14)13-5-6-13/h9,11-13,18H,1-8,10H2. The van der Waals surface area contributed by atoms with Crippen LogP contribution in [0.4, 0.5) is 0 Å². The van der Waals surface area contributed by atoms with Gasteiger partial charge in [-0.05, 0) is 45.1 Å². The molecule has 1 unspecified atom stereocenters. The van der Waals surface area contributed by atoms with Crippen molar-refractivity contribution in [3.8, 4) is 0 Å². The van der Waals surface area contributed by atoms with E-state index in [0.717, 1.165) is 25.4 Å². The van der Waals surface area contributed by atoms with Gasteiger partial charge in [0.05, 0.1) is 12.0 Å². The summed E-state index contributed by atoms with van der Waals surface area (Å²) in [6.07, 6.45) is 11.3. The van der Waals surface area contributed by atoms with E-state index < -0.39 is 0 Å². The molecule has 18 heavy (non-hydrogen) atoms. The minimum Gasteiger partial charge on any atom is -0.396 e. The van der Waals surface area contributed by atoms with Gasteiger partial charge in [-0.3, -0.25) is 4.90 Å². The predicted molar refractivity (Wildman–Crippen MR) is 70.2 cm³/mol. The summed E-state index contributed by atoms with van der Waals surface area (Å²) in [5.41, 5.74) is 1.37. The van der Waals surface area contributed by atoms with Gasteiger partial charge in [-0.25, -0.2) is 4.98 Å². The summed E-state index contributed by atoms with van der Waals surface area (Å²) in [7, 11) is 0. The lowest BCUT2D eigenvalue weighted by atomic mass is 10.1. The zero-order valence-electron chi connectivity index (χ0n) is 11.0. The topological polar surface area (TPSA) is 41.3 Å². The normalized spacial score (nSPS) is 24.8. The summed E-state index contributed by atoms with van der Waals surface area (Å²) in [5.74, 6) is 0. The van der Waals surface area contributed by atoms with Crippen molar-refractivity contribution in [2.45, 2.75) is 57.2 Å². The second kappa shape index (κ2) is 5.41. The lowest BCUT2D eigenvalue weighted by Gasteiger charge is -2.24. The van der Waals surface area contributed by atoms with Gasteiger partial charge in [0.2, 0.25) is 0 Å². The first-order chi connectivity index (χ1) is 8.88. The lowest BCUT2D eigenvalue weighted by molar-refractivity contribution is 0.206. The van der Waals surface area contributed by atoms with Crippen LogP contribution in [0.1, 0.15) is 50.3 Å². The molecule has 0 amide bonds. The number of aliphatic hydroxyl groups excluding tert-OH is 1. The van der Waals surface area contributed by atoms with Crippen molar-refractivity contribution in [1.82, 2.24) is 14.5 Å². The zero-order chi connectivity index (χ0) is 12.4. The second-order valence-electron chi connectivity index (χ2n) is 5.66. The van der Waals surface area contributed by atoms with E-state index in [0.29, 0.717) is 12.6 Å². The highest BCUT2D eigenvalue weighted by atomic mass is 16.2. The van der Waals surface area contributed by atoms with E-state index in [1.54, 1.807) is 0 Å². The molecule has 0 bridgehead atoms. The van der Waals surface area contributed by atoms with Crippen molar-refractivity contribution in [2.75, 3.05) is 13.2 Å². The molecule has 1 saturated carbocycles. The molecule has 2 heterocycles. The molecule has 1 aliphatic carbocycles.